The lowest BCUT2D eigenvalue weighted by atomic mass is 10.1. The second-order valence-electron chi connectivity index (χ2n) is 7.67. The fourth-order valence-electron chi connectivity index (χ4n) is 3.27. The monoisotopic (exact) mass is 406 g/mol. The Kier molecular flexibility index (Phi) is 8.37. The fraction of sp³-hybridized carbons (Fsp3) is 0.385. The van der Waals surface area contributed by atoms with Crippen molar-refractivity contribution in [3.05, 3.63) is 66.5 Å². The van der Waals surface area contributed by atoms with E-state index >= 15 is 0 Å². The largest absolute Gasteiger partial charge is 0.491 e. The average Bonchev–Trinajstić information content (AvgIpc) is 2.81. The van der Waals surface area contributed by atoms with Crippen LogP contribution >= 0.6 is 0 Å². The molecule has 3 nitrogen and oxygen atoms in total. The highest BCUT2D eigenvalue weighted by Gasteiger charge is 2.08. The van der Waals surface area contributed by atoms with E-state index in [4.69, 9.17) is 4.74 Å². The first kappa shape index (κ1) is 21.9. The van der Waals surface area contributed by atoms with Gasteiger partial charge in [0.1, 0.15) is 18.5 Å². The maximum Gasteiger partial charge on any atom is 0.159 e. The lowest BCUT2D eigenvalue weighted by Crippen LogP contribution is -2.12. The highest BCUT2D eigenvalue weighted by molar-refractivity contribution is 5.64. The van der Waals surface area contributed by atoms with Gasteiger partial charge in [0.15, 0.2) is 5.82 Å². The van der Waals surface area contributed by atoms with Crippen molar-refractivity contribution in [2.45, 2.75) is 58.5 Å². The van der Waals surface area contributed by atoms with Gasteiger partial charge < -0.3 is 4.74 Å². The van der Waals surface area contributed by atoms with Gasteiger partial charge in [-0.25, -0.2) is 14.4 Å². The van der Waals surface area contributed by atoms with Crippen LogP contribution in [0.1, 0.15) is 51.5 Å². The number of ether oxygens (including phenoxy) is 1. The first-order valence-corrected chi connectivity index (χ1v) is 11.0. The lowest BCUT2D eigenvalue weighted by molar-refractivity contribution is 0.184. The summed E-state index contributed by atoms with van der Waals surface area (Å²) in [6, 6.07) is 16.1. The van der Waals surface area contributed by atoms with Gasteiger partial charge in [0.05, 0.1) is 0 Å². The van der Waals surface area contributed by atoms with Gasteiger partial charge in [0.2, 0.25) is 0 Å². The average molecular weight is 407 g/mol. The van der Waals surface area contributed by atoms with Crippen LogP contribution in [0, 0.1) is 0 Å². The number of aryl methyl sites for hydroxylation is 1. The second kappa shape index (κ2) is 11.4. The quantitative estimate of drug-likeness (QED) is 0.342. The molecule has 4 heteroatoms. The van der Waals surface area contributed by atoms with Crippen LogP contribution in [0.3, 0.4) is 0 Å². The molecule has 1 heterocycles. The maximum absolute atomic E-state index is 13.7. The van der Waals surface area contributed by atoms with Crippen molar-refractivity contribution in [1.82, 2.24) is 9.97 Å². The molecule has 0 amide bonds. The van der Waals surface area contributed by atoms with Crippen molar-refractivity contribution in [1.29, 1.82) is 0 Å². The second-order valence-corrected chi connectivity index (χ2v) is 7.67. The summed E-state index contributed by atoms with van der Waals surface area (Å²) in [6.07, 6.45) is 8.74. The van der Waals surface area contributed by atoms with E-state index in [1.165, 1.54) is 18.4 Å². The number of hydrogen-bond acceptors (Lipinski definition) is 3. The van der Waals surface area contributed by atoms with E-state index < -0.39 is 6.17 Å². The Bertz CT molecular complexity index is 876. The standard InChI is InChI=1S/C26H31FN2O/c1-3-5-7-20-9-11-22(12-10-20)26-28-17-23(18-29-26)21-13-15-25(16-14-21)30-19-24(27)8-6-4-2/h9-18,24H,3-8,19H2,1-2H3. The van der Waals surface area contributed by atoms with E-state index in [1.807, 2.05) is 36.7 Å². The van der Waals surface area contributed by atoms with Gasteiger partial charge in [-0.1, -0.05) is 69.5 Å². The van der Waals surface area contributed by atoms with Crippen LogP contribution in [-0.2, 0) is 6.42 Å². The molecule has 0 spiro atoms. The van der Waals surface area contributed by atoms with Crippen molar-refractivity contribution in [2.24, 2.45) is 0 Å². The van der Waals surface area contributed by atoms with E-state index in [0.717, 1.165) is 41.8 Å². The Morgan fingerprint density at radius 2 is 1.43 bits per heavy atom. The molecule has 0 aliphatic heterocycles. The number of benzene rings is 2. The van der Waals surface area contributed by atoms with Crippen molar-refractivity contribution < 1.29 is 9.13 Å². The predicted octanol–water partition coefficient (Wildman–Crippen LogP) is 7.06. The number of aromatic nitrogens is 2. The smallest absolute Gasteiger partial charge is 0.159 e. The Hall–Kier alpha value is -2.75. The highest BCUT2D eigenvalue weighted by atomic mass is 19.1. The maximum atomic E-state index is 13.7. The van der Waals surface area contributed by atoms with E-state index in [9.17, 15) is 4.39 Å². The molecule has 0 N–H and O–H groups in total. The topological polar surface area (TPSA) is 35.0 Å². The number of halogens is 1. The SMILES string of the molecule is CCCCc1ccc(-c2ncc(-c3ccc(OCC(F)CCCC)cc3)cn2)cc1. The molecule has 3 aromatic rings. The summed E-state index contributed by atoms with van der Waals surface area (Å²) < 4.78 is 19.3. The molecule has 1 aromatic heterocycles. The summed E-state index contributed by atoms with van der Waals surface area (Å²) in [4.78, 5) is 9.07. The van der Waals surface area contributed by atoms with Crippen LogP contribution in [0.5, 0.6) is 5.75 Å². The molecule has 1 unspecified atom stereocenters. The zero-order valence-corrected chi connectivity index (χ0v) is 18.0. The number of hydrogen-bond donors (Lipinski definition) is 0. The minimum Gasteiger partial charge on any atom is -0.491 e. The molecule has 30 heavy (non-hydrogen) atoms. The van der Waals surface area contributed by atoms with Gasteiger partial charge in [-0.3, -0.25) is 0 Å². The van der Waals surface area contributed by atoms with Crippen LogP contribution in [-0.4, -0.2) is 22.7 Å². The Morgan fingerprint density at radius 1 is 0.800 bits per heavy atom. The summed E-state index contributed by atoms with van der Waals surface area (Å²) in [7, 11) is 0. The van der Waals surface area contributed by atoms with Gasteiger partial charge in [0.25, 0.3) is 0 Å². The highest BCUT2D eigenvalue weighted by Crippen LogP contribution is 2.23. The van der Waals surface area contributed by atoms with Gasteiger partial charge in [-0.2, -0.15) is 0 Å². The number of rotatable bonds is 11. The fourth-order valence-corrected chi connectivity index (χ4v) is 3.27. The predicted molar refractivity (Wildman–Crippen MR) is 121 cm³/mol. The van der Waals surface area contributed by atoms with Gasteiger partial charge in [0, 0.05) is 23.5 Å². The van der Waals surface area contributed by atoms with Gasteiger partial charge in [-0.05, 0) is 42.5 Å². The molecule has 0 saturated carbocycles. The zero-order chi connectivity index (χ0) is 21.2. The molecule has 0 aliphatic rings. The third-order valence-corrected chi connectivity index (χ3v) is 5.17. The van der Waals surface area contributed by atoms with E-state index in [0.29, 0.717) is 12.2 Å². The van der Waals surface area contributed by atoms with E-state index in [-0.39, 0.29) is 6.61 Å². The first-order chi connectivity index (χ1) is 14.7. The zero-order valence-electron chi connectivity index (χ0n) is 18.0. The van der Waals surface area contributed by atoms with Crippen LogP contribution < -0.4 is 4.74 Å². The molecule has 0 saturated heterocycles. The summed E-state index contributed by atoms with van der Waals surface area (Å²) in [5.74, 6) is 1.40. The first-order valence-electron chi connectivity index (χ1n) is 11.0. The molecular formula is C26H31FN2O. The molecular weight excluding hydrogens is 375 g/mol. The van der Waals surface area contributed by atoms with Crippen molar-refractivity contribution in [2.75, 3.05) is 6.61 Å². The van der Waals surface area contributed by atoms with Crippen molar-refractivity contribution in [3.8, 4) is 28.3 Å². The van der Waals surface area contributed by atoms with Crippen LogP contribution in [0.2, 0.25) is 0 Å². The Balaban J connectivity index is 1.59. The van der Waals surface area contributed by atoms with Crippen LogP contribution in [0.4, 0.5) is 4.39 Å². The van der Waals surface area contributed by atoms with Crippen LogP contribution in [0.15, 0.2) is 60.9 Å². The minimum atomic E-state index is -0.911. The van der Waals surface area contributed by atoms with Gasteiger partial charge >= 0.3 is 0 Å². The third kappa shape index (κ3) is 6.38. The number of unbranched alkanes of at least 4 members (excludes halogenated alkanes) is 2. The molecule has 158 valence electrons. The summed E-state index contributed by atoms with van der Waals surface area (Å²) >= 11 is 0. The summed E-state index contributed by atoms with van der Waals surface area (Å²) in [5.41, 5.74) is 4.32. The third-order valence-electron chi connectivity index (χ3n) is 5.17. The van der Waals surface area contributed by atoms with Gasteiger partial charge in [-0.15, -0.1) is 0 Å². The summed E-state index contributed by atoms with van der Waals surface area (Å²) in [5, 5.41) is 0. The molecule has 0 aliphatic carbocycles. The number of nitrogens with zero attached hydrogens (tertiary/aromatic N) is 2. The van der Waals surface area contributed by atoms with Crippen molar-refractivity contribution in [3.63, 3.8) is 0 Å². The van der Waals surface area contributed by atoms with Crippen molar-refractivity contribution >= 4 is 0 Å². The molecule has 3 rings (SSSR count). The molecule has 0 radical (unpaired) electrons. The molecule has 1 atom stereocenters. The molecule has 0 bridgehead atoms. The number of alkyl halides is 1. The molecule has 2 aromatic carbocycles. The van der Waals surface area contributed by atoms with Crippen LogP contribution in [0.25, 0.3) is 22.5 Å². The minimum absolute atomic E-state index is 0.106. The lowest BCUT2D eigenvalue weighted by Gasteiger charge is -2.10. The Labute approximate surface area is 179 Å². The van der Waals surface area contributed by atoms with E-state index in [2.05, 4.69) is 48.1 Å². The Morgan fingerprint density at radius 3 is 2.07 bits per heavy atom. The normalized spacial score (nSPS) is 12.0. The molecule has 0 fully saturated rings. The van der Waals surface area contributed by atoms with E-state index in [1.54, 1.807) is 0 Å². The summed E-state index contributed by atoms with van der Waals surface area (Å²) in [6.45, 7) is 4.37.